The van der Waals surface area contributed by atoms with Crippen molar-refractivity contribution in [3.05, 3.63) is 16.1 Å². The van der Waals surface area contributed by atoms with Crippen molar-refractivity contribution in [3.8, 4) is 0 Å². The van der Waals surface area contributed by atoms with Crippen molar-refractivity contribution < 1.29 is 4.74 Å². The van der Waals surface area contributed by atoms with Crippen LogP contribution in [-0.2, 0) is 4.74 Å². The van der Waals surface area contributed by atoms with Gasteiger partial charge in [-0.25, -0.2) is 4.98 Å². The number of aromatic nitrogens is 1. The molecule has 0 aliphatic carbocycles. The Morgan fingerprint density at radius 1 is 1.64 bits per heavy atom. The van der Waals surface area contributed by atoms with Gasteiger partial charge in [-0.1, -0.05) is 13.8 Å². The van der Waals surface area contributed by atoms with E-state index in [0.717, 1.165) is 24.8 Å². The van der Waals surface area contributed by atoms with Gasteiger partial charge in [-0.2, -0.15) is 0 Å². The molecule has 1 fully saturated rings. The molecule has 1 aliphatic heterocycles. The van der Waals surface area contributed by atoms with Gasteiger partial charge in [-0.15, -0.1) is 11.3 Å². The first-order valence-electron chi connectivity index (χ1n) is 5.04. The molecular weight excluding hydrogens is 196 g/mol. The molecule has 0 bridgehead atoms. The van der Waals surface area contributed by atoms with Gasteiger partial charge >= 0.3 is 0 Å². The quantitative estimate of drug-likeness (QED) is 0.813. The van der Waals surface area contributed by atoms with Crippen LogP contribution in [0.4, 0.5) is 0 Å². The fourth-order valence-corrected chi connectivity index (χ4v) is 2.43. The average molecular weight is 212 g/mol. The van der Waals surface area contributed by atoms with E-state index < -0.39 is 0 Å². The second kappa shape index (κ2) is 4.38. The summed E-state index contributed by atoms with van der Waals surface area (Å²) in [5.74, 6) is 0.575. The topological polar surface area (TPSA) is 34.1 Å². The summed E-state index contributed by atoms with van der Waals surface area (Å²) in [5.41, 5.74) is 0. The standard InChI is InChI=1S/C10H16N2OS/c1-7(2)9-5-12-10(14-9)8-6-13-4-3-11-8/h5,7-8,11H,3-4,6H2,1-2H3. The highest BCUT2D eigenvalue weighted by Crippen LogP contribution is 2.26. The van der Waals surface area contributed by atoms with Crippen molar-refractivity contribution in [2.24, 2.45) is 0 Å². The van der Waals surface area contributed by atoms with E-state index in [1.54, 1.807) is 11.3 Å². The third-order valence-electron chi connectivity index (χ3n) is 2.33. The van der Waals surface area contributed by atoms with E-state index in [4.69, 9.17) is 4.74 Å². The Kier molecular flexibility index (Phi) is 3.15. The average Bonchev–Trinajstić information content (AvgIpc) is 2.68. The third-order valence-corrected chi connectivity index (χ3v) is 3.74. The highest BCUT2D eigenvalue weighted by atomic mass is 32.1. The molecule has 2 rings (SSSR count). The molecule has 0 aromatic carbocycles. The zero-order valence-corrected chi connectivity index (χ0v) is 9.43. The fourth-order valence-electron chi connectivity index (χ4n) is 1.45. The smallest absolute Gasteiger partial charge is 0.112 e. The van der Waals surface area contributed by atoms with Crippen LogP contribution in [0, 0.1) is 0 Å². The van der Waals surface area contributed by atoms with Crippen molar-refractivity contribution >= 4 is 11.3 Å². The van der Waals surface area contributed by atoms with Gasteiger partial charge in [0, 0.05) is 17.6 Å². The van der Waals surface area contributed by atoms with E-state index in [1.807, 2.05) is 6.20 Å². The van der Waals surface area contributed by atoms with Crippen LogP contribution in [0.25, 0.3) is 0 Å². The van der Waals surface area contributed by atoms with E-state index in [1.165, 1.54) is 4.88 Å². The van der Waals surface area contributed by atoms with Gasteiger partial charge in [0.1, 0.15) is 5.01 Å². The van der Waals surface area contributed by atoms with Gasteiger partial charge in [-0.05, 0) is 5.92 Å². The summed E-state index contributed by atoms with van der Waals surface area (Å²) in [6.07, 6.45) is 1.99. The first kappa shape index (κ1) is 10.1. The number of ether oxygens (including phenoxy) is 1. The van der Waals surface area contributed by atoms with Gasteiger partial charge in [-0.3, -0.25) is 0 Å². The van der Waals surface area contributed by atoms with Crippen LogP contribution in [-0.4, -0.2) is 24.7 Å². The van der Waals surface area contributed by atoms with E-state index in [9.17, 15) is 0 Å². The first-order valence-corrected chi connectivity index (χ1v) is 5.86. The molecule has 0 spiro atoms. The molecule has 0 amide bonds. The van der Waals surface area contributed by atoms with Crippen molar-refractivity contribution in [2.75, 3.05) is 19.8 Å². The normalized spacial score (nSPS) is 22.9. The summed E-state index contributed by atoms with van der Waals surface area (Å²) in [5, 5.41) is 4.57. The highest BCUT2D eigenvalue weighted by Gasteiger charge is 2.18. The van der Waals surface area contributed by atoms with Crippen LogP contribution in [0.3, 0.4) is 0 Å². The van der Waals surface area contributed by atoms with E-state index in [2.05, 4.69) is 24.1 Å². The Bertz CT molecular complexity index is 292. The van der Waals surface area contributed by atoms with Gasteiger partial charge < -0.3 is 10.1 Å². The van der Waals surface area contributed by atoms with Crippen LogP contribution in [0.5, 0.6) is 0 Å². The number of rotatable bonds is 2. The molecule has 1 unspecified atom stereocenters. The first-order chi connectivity index (χ1) is 6.77. The number of nitrogens with one attached hydrogen (secondary N) is 1. The van der Waals surface area contributed by atoms with Crippen molar-refractivity contribution in [3.63, 3.8) is 0 Å². The zero-order chi connectivity index (χ0) is 9.97. The Morgan fingerprint density at radius 2 is 2.50 bits per heavy atom. The Labute approximate surface area is 88.5 Å². The zero-order valence-electron chi connectivity index (χ0n) is 8.62. The molecule has 3 nitrogen and oxygen atoms in total. The van der Waals surface area contributed by atoms with E-state index >= 15 is 0 Å². The second-order valence-corrected chi connectivity index (χ2v) is 4.93. The van der Waals surface area contributed by atoms with Crippen molar-refractivity contribution in [2.45, 2.75) is 25.8 Å². The van der Waals surface area contributed by atoms with Gasteiger partial charge in [0.2, 0.25) is 0 Å². The Balaban J connectivity index is 2.07. The van der Waals surface area contributed by atoms with Crippen LogP contribution in [0.15, 0.2) is 6.20 Å². The van der Waals surface area contributed by atoms with Gasteiger partial charge in [0.25, 0.3) is 0 Å². The Morgan fingerprint density at radius 3 is 3.07 bits per heavy atom. The Hall–Kier alpha value is -0.450. The molecule has 1 N–H and O–H groups in total. The third kappa shape index (κ3) is 2.13. The summed E-state index contributed by atoms with van der Waals surface area (Å²) < 4.78 is 5.41. The number of thiazole rings is 1. The summed E-state index contributed by atoms with van der Waals surface area (Å²) in [4.78, 5) is 5.79. The SMILES string of the molecule is CC(C)c1cnc(C2COCCN2)s1. The number of nitrogens with zero attached hydrogens (tertiary/aromatic N) is 1. The highest BCUT2D eigenvalue weighted by molar-refractivity contribution is 7.11. The predicted molar refractivity (Wildman–Crippen MR) is 57.8 cm³/mol. The monoisotopic (exact) mass is 212 g/mol. The number of hydrogen-bond acceptors (Lipinski definition) is 4. The molecule has 14 heavy (non-hydrogen) atoms. The lowest BCUT2D eigenvalue weighted by molar-refractivity contribution is 0.0768. The molecule has 0 radical (unpaired) electrons. The van der Waals surface area contributed by atoms with Crippen LogP contribution in [0.1, 0.15) is 35.7 Å². The maximum atomic E-state index is 5.41. The molecular formula is C10H16N2OS. The molecule has 1 saturated heterocycles. The lowest BCUT2D eigenvalue weighted by Crippen LogP contribution is -2.34. The molecule has 78 valence electrons. The largest absolute Gasteiger partial charge is 0.378 e. The maximum absolute atomic E-state index is 5.41. The van der Waals surface area contributed by atoms with E-state index in [-0.39, 0.29) is 0 Å². The number of hydrogen-bond donors (Lipinski definition) is 1. The molecule has 1 atom stereocenters. The summed E-state index contributed by atoms with van der Waals surface area (Å²) >= 11 is 1.79. The minimum absolute atomic E-state index is 0.307. The van der Waals surface area contributed by atoms with Gasteiger partial charge in [0.05, 0.1) is 19.3 Å². The number of morpholine rings is 1. The lowest BCUT2D eigenvalue weighted by Gasteiger charge is -2.21. The summed E-state index contributed by atoms with van der Waals surface area (Å²) in [6, 6.07) is 0.307. The molecule has 4 heteroatoms. The fraction of sp³-hybridized carbons (Fsp3) is 0.700. The minimum Gasteiger partial charge on any atom is -0.378 e. The molecule has 1 aromatic heterocycles. The molecule has 2 heterocycles. The van der Waals surface area contributed by atoms with Crippen LogP contribution >= 0.6 is 11.3 Å². The summed E-state index contributed by atoms with van der Waals surface area (Å²) in [6.45, 7) is 6.90. The minimum atomic E-state index is 0.307. The second-order valence-electron chi connectivity index (χ2n) is 3.84. The maximum Gasteiger partial charge on any atom is 0.112 e. The molecule has 0 saturated carbocycles. The van der Waals surface area contributed by atoms with Crippen LogP contribution < -0.4 is 5.32 Å². The van der Waals surface area contributed by atoms with E-state index in [0.29, 0.717) is 12.0 Å². The summed E-state index contributed by atoms with van der Waals surface area (Å²) in [7, 11) is 0. The molecule has 1 aromatic rings. The van der Waals surface area contributed by atoms with Crippen LogP contribution in [0.2, 0.25) is 0 Å². The van der Waals surface area contributed by atoms with Gasteiger partial charge in [0.15, 0.2) is 0 Å². The predicted octanol–water partition coefficient (Wildman–Crippen LogP) is 1.93. The molecule has 1 aliphatic rings. The van der Waals surface area contributed by atoms with Crippen molar-refractivity contribution in [1.29, 1.82) is 0 Å². The van der Waals surface area contributed by atoms with Crippen molar-refractivity contribution in [1.82, 2.24) is 10.3 Å². The lowest BCUT2D eigenvalue weighted by atomic mass is 10.2.